The van der Waals surface area contributed by atoms with Gasteiger partial charge in [-0.15, -0.1) is 0 Å². The zero-order chi connectivity index (χ0) is 22.1. The Balaban J connectivity index is 1.84. The fraction of sp³-hybridized carbons (Fsp3) is 0.208. The average molecular weight is 423 g/mol. The minimum Gasteiger partial charge on any atom is -0.322 e. The Hall–Kier alpha value is -3.12. The van der Waals surface area contributed by atoms with E-state index in [-0.39, 0.29) is 10.8 Å². The molecule has 0 radical (unpaired) electrons. The molecule has 3 aromatic carbocycles. The number of carbonyl (C=O) groups excluding carboxylic acids is 1. The van der Waals surface area contributed by atoms with Crippen LogP contribution in [0.2, 0.25) is 0 Å². The summed E-state index contributed by atoms with van der Waals surface area (Å²) in [6, 6.07) is 17.5. The summed E-state index contributed by atoms with van der Waals surface area (Å²) in [6.45, 7) is 7.72. The van der Waals surface area contributed by atoms with Gasteiger partial charge in [0.15, 0.2) is 0 Å². The van der Waals surface area contributed by atoms with Gasteiger partial charge in [-0.3, -0.25) is 9.10 Å². The van der Waals surface area contributed by atoms with Gasteiger partial charge in [0.05, 0.1) is 10.6 Å². The van der Waals surface area contributed by atoms with Crippen molar-refractivity contribution in [2.24, 2.45) is 0 Å². The number of rotatable bonds is 5. The van der Waals surface area contributed by atoms with Crippen LogP contribution in [0, 0.1) is 27.7 Å². The molecule has 1 amide bonds. The molecule has 0 aliphatic rings. The number of sulfonamides is 1. The lowest BCUT2D eigenvalue weighted by molar-refractivity contribution is 0.102. The van der Waals surface area contributed by atoms with E-state index in [1.165, 1.54) is 11.4 Å². The number of hydrogen-bond acceptors (Lipinski definition) is 3. The average Bonchev–Trinajstić information content (AvgIpc) is 2.70. The summed E-state index contributed by atoms with van der Waals surface area (Å²) in [5.41, 5.74) is 5.67. The summed E-state index contributed by atoms with van der Waals surface area (Å²) in [5, 5.41) is 2.89. The van der Waals surface area contributed by atoms with Gasteiger partial charge in [0.25, 0.3) is 15.9 Å². The van der Waals surface area contributed by atoms with Crippen molar-refractivity contribution in [3.8, 4) is 0 Å². The molecule has 0 atom stereocenters. The third-order valence-electron chi connectivity index (χ3n) is 5.24. The monoisotopic (exact) mass is 422 g/mol. The summed E-state index contributed by atoms with van der Waals surface area (Å²) >= 11 is 0. The highest BCUT2D eigenvalue weighted by molar-refractivity contribution is 7.92. The number of amides is 1. The van der Waals surface area contributed by atoms with Gasteiger partial charge >= 0.3 is 0 Å². The van der Waals surface area contributed by atoms with E-state index in [1.807, 2.05) is 39.0 Å². The van der Waals surface area contributed by atoms with Crippen LogP contribution in [0.3, 0.4) is 0 Å². The summed E-state index contributed by atoms with van der Waals surface area (Å²) in [4.78, 5) is 12.9. The number of nitrogens with one attached hydrogen (secondary N) is 1. The minimum atomic E-state index is -3.69. The first-order valence-electron chi connectivity index (χ1n) is 9.64. The quantitative estimate of drug-likeness (QED) is 0.629. The van der Waals surface area contributed by atoms with Crippen LogP contribution in [-0.4, -0.2) is 21.4 Å². The molecule has 3 aromatic rings. The zero-order valence-electron chi connectivity index (χ0n) is 17.9. The van der Waals surface area contributed by atoms with Crippen LogP contribution in [0.25, 0.3) is 0 Å². The number of anilines is 2. The molecule has 5 nitrogen and oxygen atoms in total. The van der Waals surface area contributed by atoms with Crippen LogP contribution in [0.5, 0.6) is 0 Å². The predicted molar refractivity (Wildman–Crippen MR) is 122 cm³/mol. The molecule has 0 aliphatic heterocycles. The van der Waals surface area contributed by atoms with Crippen LogP contribution < -0.4 is 9.62 Å². The van der Waals surface area contributed by atoms with Gasteiger partial charge in [-0.1, -0.05) is 23.8 Å². The Kier molecular flexibility index (Phi) is 5.99. The summed E-state index contributed by atoms with van der Waals surface area (Å²) in [7, 11) is -2.17. The summed E-state index contributed by atoms with van der Waals surface area (Å²) < 4.78 is 27.2. The van der Waals surface area contributed by atoms with Crippen molar-refractivity contribution in [1.29, 1.82) is 0 Å². The maximum absolute atomic E-state index is 13.0. The number of aryl methyl sites for hydroxylation is 4. The summed E-state index contributed by atoms with van der Waals surface area (Å²) in [5.74, 6) is -0.239. The highest BCUT2D eigenvalue weighted by Crippen LogP contribution is 2.27. The molecule has 0 fully saturated rings. The highest BCUT2D eigenvalue weighted by Gasteiger charge is 2.23. The van der Waals surface area contributed by atoms with Crippen LogP contribution >= 0.6 is 0 Å². The fourth-order valence-corrected chi connectivity index (χ4v) is 4.43. The predicted octanol–water partition coefficient (Wildman–Crippen LogP) is 5.00. The molecule has 0 aliphatic carbocycles. The van der Waals surface area contributed by atoms with Gasteiger partial charge in [0.2, 0.25) is 0 Å². The van der Waals surface area contributed by atoms with Crippen molar-refractivity contribution in [1.82, 2.24) is 0 Å². The van der Waals surface area contributed by atoms with Gasteiger partial charge in [0, 0.05) is 18.3 Å². The molecule has 6 heteroatoms. The normalized spacial score (nSPS) is 11.2. The molecule has 3 rings (SSSR count). The lowest BCUT2D eigenvalue weighted by atomic mass is 10.1. The molecule has 0 aromatic heterocycles. The van der Waals surface area contributed by atoms with Crippen molar-refractivity contribution in [3.63, 3.8) is 0 Å². The van der Waals surface area contributed by atoms with E-state index >= 15 is 0 Å². The number of carbonyl (C=O) groups is 1. The van der Waals surface area contributed by atoms with Crippen LogP contribution in [0.1, 0.15) is 32.6 Å². The van der Waals surface area contributed by atoms with Crippen LogP contribution in [0.4, 0.5) is 11.4 Å². The third kappa shape index (κ3) is 4.39. The Labute approximate surface area is 178 Å². The maximum Gasteiger partial charge on any atom is 0.264 e. The van der Waals surface area contributed by atoms with Crippen molar-refractivity contribution in [3.05, 3.63) is 88.5 Å². The Morgan fingerprint density at radius 2 is 1.47 bits per heavy atom. The molecule has 0 saturated heterocycles. The first-order chi connectivity index (χ1) is 14.1. The van der Waals surface area contributed by atoms with Crippen molar-refractivity contribution in [2.45, 2.75) is 32.6 Å². The van der Waals surface area contributed by atoms with E-state index in [0.717, 1.165) is 22.4 Å². The second-order valence-electron chi connectivity index (χ2n) is 7.54. The minimum absolute atomic E-state index is 0.228. The lowest BCUT2D eigenvalue weighted by Gasteiger charge is -2.22. The smallest absolute Gasteiger partial charge is 0.264 e. The molecule has 156 valence electrons. The van der Waals surface area contributed by atoms with Crippen LogP contribution in [-0.2, 0) is 10.0 Å². The van der Waals surface area contributed by atoms with E-state index in [1.54, 1.807) is 49.4 Å². The Morgan fingerprint density at radius 1 is 0.800 bits per heavy atom. The van der Waals surface area contributed by atoms with Gasteiger partial charge in [-0.05, 0) is 86.8 Å². The molecule has 0 spiro atoms. The molecule has 0 bridgehead atoms. The maximum atomic E-state index is 13.0. The largest absolute Gasteiger partial charge is 0.322 e. The molecule has 30 heavy (non-hydrogen) atoms. The van der Waals surface area contributed by atoms with Crippen molar-refractivity contribution < 1.29 is 13.2 Å². The number of benzene rings is 3. The van der Waals surface area contributed by atoms with Crippen molar-refractivity contribution in [2.75, 3.05) is 16.7 Å². The van der Waals surface area contributed by atoms with Crippen molar-refractivity contribution >= 4 is 27.3 Å². The first-order valence-corrected chi connectivity index (χ1v) is 11.1. The molecule has 0 saturated carbocycles. The standard InChI is InChI=1S/C24H26N2O3S/c1-16-6-11-22(12-7-16)30(28,29)26(5)23-13-9-20(14-19(23)4)24(27)25-21-10-8-17(2)18(3)15-21/h6-15H,1-5H3,(H,25,27). The first kappa shape index (κ1) is 21.6. The van der Waals surface area contributed by atoms with E-state index < -0.39 is 10.0 Å². The molecule has 1 N–H and O–H groups in total. The van der Waals surface area contributed by atoms with Gasteiger partial charge in [0.1, 0.15) is 0 Å². The molecular weight excluding hydrogens is 396 g/mol. The molecule has 0 heterocycles. The third-order valence-corrected chi connectivity index (χ3v) is 7.03. The van der Waals surface area contributed by atoms with E-state index in [4.69, 9.17) is 0 Å². The lowest BCUT2D eigenvalue weighted by Crippen LogP contribution is -2.27. The molecular formula is C24H26N2O3S. The number of nitrogens with zero attached hydrogens (tertiary/aromatic N) is 1. The van der Waals surface area contributed by atoms with Gasteiger partial charge in [-0.25, -0.2) is 8.42 Å². The fourth-order valence-electron chi connectivity index (χ4n) is 3.17. The second-order valence-corrected chi connectivity index (χ2v) is 9.51. The topological polar surface area (TPSA) is 66.5 Å². The van der Waals surface area contributed by atoms with E-state index in [0.29, 0.717) is 16.8 Å². The van der Waals surface area contributed by atoms with E-state index in [9.17, 15) is 13.2 Å². The van der Waals surface area contributed by atoms with E-state index in [2.05, 4.69) is 5.32 Å². The Bertz CT molecular complexity index is 1200. The SMILES string of the molecule is Cc1ccc(S(=O)(=O)N(C)c2ccc(C(=O)Nc3ccc(C)c(C)c3)cc2C)cc1. The Morgan fingerprint density at radius 3 is 2.07 bits per heavy atom. The number of hydrogen-bond donors (Lipinski definition) is 1. The van der Waals surface area contributed by atoms with Crippen LogP contribution in [0.15, 0.2) is 65.6 Å². The van der Waals surface area contributed by atoms with Gasteiger partial charge < -0.3 is 5.32 Å². The summed E-state index contributed by atoms with van der Waals surface area (Å²) in [6.07, 6.45) is 0. The van der Waals surface area contributed by atoms with Gasteiger partial charge in [-0.2, -0.15) is 0 Å². The highest BCUT2D eigenvalue weighted by atomic mass is 32.2. The molecule has 0 unspecified atom stereocenters. The second kappa shape index (κ2) is 8.32. The zero-order valence-corrected chi connectivity index (χ0v) is 18.7.